The second-order valence-corrected chi connectivity index (χ2v) is 4.49. The van der Waals surface area contributed by atoms with Gasteiger partial charge in [0.15, 0.2) is 0 Å². The summed E-state index contributed by atoms with van der Waals surface area (Å²) in [7, 11) is 0. The highest BCUT2D eigenvalue weighted by Gasteiger charge is 2.10. The van der Waals surface area contributed by atoms with Crippen LogP contribution in [-0.4, -0.2) is 6.04 Å². The predicted molar refractivity (Wildman–Crippen MR) is 57.5 cm³/mol. The normalized spacial score (nSPS) is 13.6. The fourth-order valence-corrected chi connectivity index (χ4v) is 1.53. The van der Waals surface area contributed by atoms with Crippen LogP contribution in [0.25, 0.3) is 0 Å². The molecule has 0 fully saturated rings. The Morgan fingerprint density at radius 3 is 2.69 bits per heavy atom. The molecule has 1 heterocycles. The van der Waals surface area contributed by atoms with Crippen LogP contribution in [0.1, 0.15) is 26.0 Å². The Morgan fingerprint density at radius 1 is 1.54 bits per heavy atom. The Labute approximate surface area is 87.6 Å². The standard InChI is InChI=1S/C10H16BrNO/c1-7(2)9(12)3-4-10-8(11)5-6-13-10/h5-7,9H,3-4,12H2,1-2H3. The van der Waals surface area contributed by atoms with Gasteiger partial charge >= 0.3 is 0 Å². The molecule has 0 bridgehead atoms. The second kappa shape index (κ2) is 4.82. The summed E-state index contributed by atoms with van der Waals surface area (Å²) < 4.78 is 6.34. The maximum atomic E-state index is 5.93. The summed E-state index contributed by atoms with van der Waals surface area (Å²) in [6, 6.07) is 2.17. The number of hydrogen-bond donors (Lipinski definition) is 1. The van der Waals surface area contributed by atoms with Crippen LogP contribution >= 0.6 is 15.9 Å². The molecule has 1 aromatic heterocycles. The van der Waals surface area contributed by atoms with Crippen molar-refractivity contribution in [1.82, 2.24) is 0 Å². The lowest BCUT2D eigenvalue weighted by Gasteiger charge is -2.14. The molecular weight excluding hydrogens is 230 g/mol. The van der Waals surface area contributed by atoms with Crippen LogP contribution in [0.15, 0.2) is 21.2 Å². The summed E-state index contributed by atoms with van der Waals surface area (Å²) in [6.07, 6.45) is 3.58. The molecule has 13 heavy (non-hydrogen) atoms. The fraction of sp³-hybridized carbons (Fsp3) is 0.600. The van der Waals surface area contributed by atoms with E-state index in [1.807, 2.05) is 6.07 Å². The van der Waals surface area contributed by atoms with E-state index in [-0.39, 0.29) is 6.04 Å². The molecule has 0 aliphatic rings. The van der Waals surface area contributed by atoms with Gasteiger partial charge in [0.2, 0.25) is 0 Å². The van der Waals surface area contributed by atoms with Crippen LogP contribution in [0.3, 0.4) is 0 Å². The van der Waals surface area contributed by atoms with Crippen molar-refractivity contribution >= 4 is 15.9 Å². The number of hydrogen-bond acceptors (Lipinski definition) is 2. The molecule has 0 saturated carbocycles. The van der Waals surface area contributed by atoms with Crippen molar-refractivity contribution in [2.45, 2.75) is 32.7 Å². The minimum atomic E-state index is 0.261. The van der Waals surface area contributed by atoms with Gasteiger partial charge in [0.05, 0.1) is 10.7 Å². The molecule has 0 aliphatic heterocycles. The van der Waals surface area contributed by atoms with Gasteiger partial charge in [-0.25, -0.2) is 0 Å². The van der Waals surface area contributed by atoms with Crippen LogP contribution in [0.4, 0.5) is 0 Å². The van der Waals surface area contributed by atoms with E-state index in [0.29, 0.717) is 5.92 Å². The van der Waals surface area contributed by atoms with E-state index in [4.69, 9.17) is 10.2 Å². The highest BCUT2D eigenvalue weighted by molar-refractivity contribution is 9.10. The van der Waals surface area contributed by atoms with Gasteiger partial charge in [0, 0.05) is 12.5 Å². The van der Waals surface area contributed by atoms with Gasteiger partial charge in [-0.1, -0.05) is 13.8 Å². The molecule has 2 N–H and O–H groups in total. The highest BCUT2D eigenvalue weighted by Crippen LogP contribution is 2.20. The topological polar surface area (TPSA) is 39.2 Å². The number of halogens is 1. The van der Waals surface area contributed by atoms with Gasteiger partial charge < -0.3 is 10.2 Å². The minimum Gasteiger partial charge on any atom is -0.468 e. The molecule has 74 valence electrons. The molecule has 2 nitrogen and oxygen atoms in total. The molecule has 1 unspecified atom stereocenters. The quantitative estimate of drug-likeness (QED) is 0.887. The lowest BCUT2D eigenvalue weighted by atomic mass is 10.00. The van der Waals surface area contributed by atoms with Crippen molar-refractivity contribution < 1.29 is 4.42 Å². The average molecular weight is 246 g/mol. The Balaban J connectivity index is 2.39. The summed E-state index contributed by atoms with van der Waals surface area (Å²) in [5.41, 5.74) is 5.93. The summed E-state index contributed by atoms with van der Waals surface area (Å²) >= 11 is 3.42. The summed E-state index contributed by atoms with van der Waals surface area (Å²) in [6.45, 7) is 4.28. The summed E-state index contributed by atoms with van der Waals surface area (Å²) in [4.78, 5) is 0. The number of furan rings is 1. The maximum Gasteiger partial charge on any atom is 0.117 e. The van der Waals surface area contributed by atoms with E-state index >= 15 is 0 Å². The maximum absolute atomic E-state index is 5.93. The first-order chi connectivity index (χ1) is 6.11. The Bertz CT molecular complexity index is 257. The second-order valence-electron chi connectivity index (χ2n) is 3.64. The van der Waals surface area contributed by atoms with Gasteiger partial charge in [0.25, 0.3) is 0 Å². The third kappa shape index (κ3) is 3.16. The molecule has 1 aromatic rings. The first-order valence-electron chi connectivity index (χ1n) is 4.58. The van der Waals surface area contributed by atoms with Crippen molar-refractivity contribution in [2.24, 2.45) is 11.7 Å². The van der Waals surface area contributed by atoms with Crippen molar-refractivity contribution in [3.05, 3.63) is 22.6 Å². The lowest BCUT2D eigenvalue weighted by molar-refractivity contribution is 0.432. The Kier molecular flexibility index (Phi) is 4.00. The van der Waals surface area contributed by atoms with E-state index in [9.17, 15) is 0 Å². The van der Waals surface area contributed by atoms with E-state index in [2.05, 4.69) is 29.8 Å². The van der Waals surface area contributed by atoms with Crippen LogP contribution in [-0.2, 0) is 6.42 Å². The Hall–Kier alpha value is -0.280. The van der Waals surface area contributed by atoms with Crippen LogP contribution in [0.5, 0.6) is 0 Å². The van der Waals surface area contributed by atoms with Crippen molar-refractivity contribution in [3.8, 4) is 0 Å². The molecule has 0 saturated heterocycles. The molecule has 0 radical (unpaired) electrons. The van der Waals surface area contributed by atoms with E-state index in [1.165, 1.54) is 0 Å². The molecule has 3 heteroatoms. The zero-order valence-electron chi connectivity index (χ0n) is 8.09. The van der Waals surface area contributed by atoms with Crippen LogP contribution in [0.2, 0.25) is 0 Å². The minimum absolute atomic E-state index is 0.261. The zero-order chi connectivity index (χ0) is 9.84. The largest absolute Gasteiger partial charge is 0.468 e. The molecule has 0 aliphatic carbocycles. The van der Waals surface area contributed by atoms with Crippen molar-refractivity contribution in [2.75, 3.05) is 0 Å². The highest BCUT2D eigenvalue weighted by atomic mass is 79.9. The molecule has 0 amide bonds. The summed E-state index contributed by atoms with van der Waals surface area (Å²) in [5, 5.41) is 0. The fourth-order valence-electron chi connectivity index (χ4n) is 1.13. The van der Waals surface area contributed by atoms with Gasteiger partial charge in [-0.15, -0.1) is 0 Å². The SMILES string of the molecule is CC(C)C(N)CCc1occc1Br. The molecule has 0 spiro atoms. The van der Waals surface area contributed by atoms with Crippen LogP contribution in [0, 0.1) is 5.92 Å². The van der Waals surface area contributed by atoms with Crippen molar-refractivity contribution in [1.29, 1.82) is 0 Å². The first kappa shape index (κ1) is 10.8. The first-order valence-corrected chi connectivity index (χ1v) is 5.38. The number of rotatable bonds is 4. The van der Waals surface area contributed by atoms with Gasteiger partial charge in [0.1, 0.15) is 5.76 Å². The molecule has 1 rings (SSSR count). The Morgan fingerprint density at radius 2 is 2.23 bits per heavy atom. The van der Waals surface area contributed by atoms with Gasteiger partial charge in [-0.3, -0.25) is 0 Å². The van der Waals surface area contributed by atoms with E-state index in [1.54, 1.807) is 6.26 Å². The lowest BCUT2D eigenvalue weighted by Crippen LogP contribution is -2.26. The summed E-state index contributed by atoms with van der Waals surface area (Å²) in [5.74, 6) is 1.53. The monoisotopic (exact) mass is 245 g/mol. The molecular formula is C10H16BrNO. The predicted octanol–water partition coefficient (Wildman–Crippen LogP) is 2.96. The van der Waals surface area contributed by atoms with Crippen molar-refractivity contribution in [3.63, 3.8) is 0 Å². The number of nitrogens with two attached hydrogens (primary N) is 1. The average Bonchev–Trinajstić information content (AvgIpc) is 2.47. The van der Waals surface area contributed by atoms with E-state index < -0.39 is 0 Å². The molecule has 1 atom stereocenters. The van der Waals surface area contributed by atoms with Crippen LogP contribution < -0.4 is 5.73 Å². The zero-order valence-corrected chi connectivity index (χ0v) is 9.67. The molecule has 0 aromatic carbocycles. The third-order valence-electron chi connectivity index (χ3n) is 2.25. The van der Waals surface area contributed by atoms with E-state index in [0.717, 1.165) is 23.1 Å². The van der Waals surface area contributed by atoms with Gasteiger partial charge in [-0.2, -0.15) is 0 Å². The number of aryl methyl sites for hydroxylation is 1. The smallest absolute Gasteiger partial charge is 0.117 e. The van der Waals surface area contributed by atoms with Gasteiger partial charge in [-0.05, 0) is 34.3 Å². The third-order valence-corrected chi connectivity index (χ3v) is 2.96.